The first-order chi connectivity index (χ1) is 14.8. The van der Waals surface area contributed by atoms with Crippen LogP contribution in [0.2, 0.25) is 0 Å². The van der Waals surface area contributed by atoms with Crippen LogP contribution in [-0.4, -0.2) is 45.4 Å². The number of likely N-dealkylation sites (tertiary alicyclic amines) is 1. The van der Waals surface area contributed by atoms with Gasteiger partial charge in [-0.25, -0.2) is 9.50 Å². The second-order valence-electron chi connectivity index (χ2n) is 7.90. The van der Waals surface area contributed by atoms with Crippen LogP contribution in [-0.2, 0) is 6.42 Å². The molecule has 4 nitrogen and oxygen atoms in total. The predicted octanol–water partition coefficient (Wildman–Crippen LogP) is 5.42. The maximum absolute atomic E-state index is 4.75. The standard InChI is InChI=1S/C25H26N4S/c1-30-23-6-4-5-21(15-23)24-17-27-29-18-22(16-26-25(24)29)20-9-7-19(8-10-20)11-14-28-12-2-3-13-28/h4-10,15-18H,2-3,11-14H2,1H3. The Kier molecular flexibility index (Phi) is 5.56. The van der Waals surface area contributed by atoms with Crippen LogP contribution < -0.4 is 0 Å². The zero-order chi connectivity index (χ0) is 20.3. The van der Waals surface area contributed by atoms with Crippen LogP contribution in [0.25, 0.3) is 27.9 Å². The van der Waals surface area contributed by atoms with Gasteiger partial charge in [0.1, 0.15) is 0 Å². The van der Waals surface area contributed by atoms with Gasteiger partial charge >= 0.3 is 0 Å². The second-order valence-corrected chi connectivity index (χ2v) is 8.78. The normalized spacial score (nSPS) is 14.6. The zero-order valence-electron chi connectivity index (χ0n) is 17.3. The van der Waals surface area contributed by atoms with Gasteiger partial charge in [0.25, 0.3) is 0 Å². The molecule has 3 heterocycles. The van der Waals surface area contributed by atoms with Crippen molar-refractivity contribution in [3.63, 3.8) is 0 Å². The summed E-state index contributed by atoms with van der Waals surface area (Å²) in [4.78, 5) is 8.56. The van der Waals surface area contributed by atoms with Crippen LogP contribution in [0.4, 0.5) is 0 Å². The predicted molar refractivity (Wildman–Crippen MR) is 125 cm³/mol. The Morgan fingerprint density at radius 3 is 2.57 bits per heavy atom. The van der Waals surface area contributed by atoms with Gasteiger partial charge in [-0.1, -0.05) is 36.4 Å². The van der Waals surface area contributed by atoms with Crippen molar-refractivity contribution in [1.29, 1.82) is 0 Å². The molecule has 5 rings (SSSR count). The lowest BCUT2D eigenvalue weighted by Gasteiger charge is -2.14. The van der Waals surface area contributed by atoms with Crippen molar-refractivity contribution in [3.05, 3.63) is 72.7 Å². The fourth-order valence-electron chi connectivity index (χ4n) is 4.18. The summed E-state index contributed by atoms with van der Waals surface area (Å²) in [5.41, 5.74) is 6.76. The summed E-state index contributed by atoms with van der Waals surface area (Å²) in [6.45, 7) is 3.69. The van der Waals surface area contributed by atoms with Crippen LogP contribution in [0.5, 0.6) is 0 Å². The Morgan fingerprint density at radius 2 is 1.77 bits per heavy atom. The third-order valence-electron chi connectivity index (χ3n) is 5.94. The summed E-state index contributed by atoms with van der Waals surface area (Å²) >= 11 is 1.75. The third kappa shape index (κ3) is 4.00. The number of hydrogen-bond donors (Lipinski definition) is 0. The number of nitrogens with zero attached hydrogens (tertiary/aromatic N) is 4. The Morgan fingerprint density at radius 1 is 0.933 bits per heavy atom. The van der Waals surface area contributed by atoms with Crippen molar-refractivity contribution in [2.24, 2.45) is 0 Å². The molecular weight excluding hydrogens is 388 g/mol. The quantitative estimate of drug-likeness (QED) is 0.394. The molecule has 1 saturated heterocycles. The van der Waals surface area contributed by atoms with E-state index in [4.69, 9.17) is 4.98 Å². The van der Waals surface area contributed by atoms with Crippen LogP contribution in [0.3, 0.4) is 0 Å². The molecule has 0 N–H and O–H groups in total. The fourth-order valence-corrected chi connectivity index (χ4v) is 4.63. The molecule has 1 aliphatic heterocycles. The highest BCUT2D eigenvalue weighted by Crippen LogP contribution is 2.28. The van der Waals surface area contributed by atoms with E-state index < -0.39 is 0 Å². The summed E-state index contributed by atoms with van der Waals surface area (Å²) in [7, 11) is 0. The Labute approximate surface area is 182 Å². The molecular formula is C25H26N4S. The van der Waals surface area contributed by atoms with Crippen LogP contribution in [0.1, 0.15) is 18.4 Å². The molecule has 0 aliphatic carbocycles. The van der Waals surface area contributed by atoms with Crippen LogP contribution >= 0.6 is 11.8 Å². The number of fused-ring (bicyclic) bond motifs is 1. The lowest BCUT2D eigenvalue weighted by molar-refractivity contribution is 0.343. The molecule has 0 atom stereocenters. The minimum absolute atomic E-state index is 0.888. The molecule has 2 aromatic heterocycles. The van der Waals surface area contributed by atoms with E-state index in [1.807, 2.05) is 16.9 Å². The third-order valence-corrected chi connectivity index (χ3v) is 6.67. The number of rotatable bonds is 6. The minimum Gasteiger partial charge on any atom is -0.303 e. The van der Waals surface area contributed by atoms with E-state index in [-0.39, 0.29) is 0 Å². The van der Waals surface area contributed by atoms with Gasteiger partial charge < -0.3 is 4.90 Å². The SMILES string of the molecule is CSc1cccc(-c2cnn3cc(-c4ccc(CCN5CCCC5)cc4)cnc23)c1. The highest BCUT2D eigenvalue weighted by molar-refractivity contribution is 7.98. The molecule has 0 unspecified atom stereocenters. The molecule has 0 radical (unpaired) electrons. The molecule has 1 fully saturated rings. The molecule has 5 heteroatoms. The molecule has 152 valence electrons. The van der Waals surface area contributed by atoms with Gasteiger partial charge in [-0.05, 0) is 67.4 Å². The van der Waals surface area contributed by atoms with E-state index in [0.29, 0.717) is 0 Å². The van der Waals surface area contributed by atoms with Gasteiger partial charge in [-0.2, -0.15) is 5.10 Å². The van der Waals surface area contributed by atoms with Crippen LogP contribution in [0.15, 0.2) is 72.0 Å². The molecule has 30 heavy (non-hydrogen) atoms. The van der Waals surface area contributed by atoms with Crippen molar-refractivity contribution in [2.45, 2.75) is 24.2 Å². The summed E-state index contributed by atoms with van der Waals surface area (Å²) in [5.74, 6) is 0. The van der Waals surface area contributed by atoms with Crippen molar-refractivity contribution >= 4 is 17.4 Å². The van der Waals surface area contributed by atoms with Gasteiger partial charge in [0.2, 0.25) is 0 Å². The van der Waals surface area contributed by atoms with Gasteiger partial charge in [-0.15, -0.1) is 11.8 Å². The van der Waals surface area contributed by atoms with Gasteiger partial charge in [-0.3, -0.25) is 0 Å². The molecule has 0 spiro atoms. The van der Waals surface area contributed by atoms with E-state index in [9.17, 15) is 0 Å². The average Bonchev–Trinajstić information content (AvgIpc) is 3.47. The minimum atomic E-state index is 0.888. The first-order valence-corrected chi connectivity index (χ1v) is 11.8. The first-order valence-electron chi connectivity index (χ1n) is 10.6. The molecule has 0 amide bonds. The number of hydrogen-bond acceptors (Lipinski definition) is 4. The maximum Gasteiger partial charge on any atom is 0.162 e. The maximum atomic E-state index is 4.75. The smallest absolute Gasteiger partial charge is 0.162 e. The lowest BCUT2D eigenvalue weighted by atomic mass is 10.0. The number of aromatic nitrogens is 3. The average molecular weight is 415 g/mol. The van der Waals surface area contributed by atoms with Crippen molar-refractivity contribution in [3.8, 4) is 22.3 Å². The van der Waals surface area contributed by atoms with Crippen molar-refractivity contribution < 1.29 is 0 Å². The molecule has 4 aromatic rings. The Bertz CT molecular complexity index is 1140. The largest absolute Gasteiger partial charge is 0.303 e. The van der Waals surface area contributed by atoms with E-state index >= 15 is 0 Å². The highest BCUT2D eigenvalue weighted by Gasteiger charge is 2.12. The Balaban J connectivity index is 1.36. The van der Waals surface area contributed by atoms with Gasteiger partial charge in [0, 0.05) is 35.0 Å². The fraction of sp³-hybridized carbons (Fsp3) is 0.280. The second kappa shape index (κ2) is 8.62. The number of benzene rings is 2. The lowest BCUT2D eigenvalue weighted by Crippen LogP contribution is -2.21. The van der Waals surface area contributed by atoms with Crippen LogP contribution in [0, 0.1) is 0 Å². The van der Waals surface area contributed by atoms with E-state index in [1.54, 1.807) is 11.8 Å². The van der Waals surface area contributed by atoms with E-state index in [0.717, 1.165) is 28.8 Å². The van der Waals surface area contributed by atoms with E-state index in [1.165, 1.54) is 48.5 Å². The molecule has 2 aromatic carbocycles. The molecule has 0 saturated carbocycles. The van der Waals surface area contributed by atoms with Crippen molar-refractivity contribution in [2.75, 3.05) is 25.9 Å². The van der Waals surface area contributed by atoms with Crippen molar-refractivity contribution in [1.82, 2.24) is 19.5 Å². The monoisotopic (exact) mass is 414 g/mol. The van der Waals surface area contributed by atoms with Gasteiger partial charge in [0.05, 0.1) is 6.20 Å². The first kappa shape index (κ1) is 19.3. The summed E-state index contributed by atoms with van der Waals surface area (Å²) in [5, 5.41) is 4.57. The highest BCUT2D eigenvalue weighted by atomic mass is 32.2. The Hall–Kier alpha value is -2.63. The van der Waals surface area contributed by atoms with Gasteiger partial charge in [0.15, 0.2) is 5.65 Å². The number of thioether (sulfide) groups is 1. The molecule has 1 aliphatic rings. The molecule has 0 bridgehead atoms. The summed E-state index contributed by atoms with van der Waals surface area (Å²) < 4.78 is 1.89. The summed E-state index contributed by atoms with van der Waals surface area (Å²) in [6.07, 6.45) is 11.9. The topological polar surface area (TPSA) is 33.4 Å². The van der Waals surface area contributed by atoms with E-state index in [2.05, 4.69) is 71.0 Å². The summed E-state index contributed by atoms with van der Waals surface area (Å²) in [6, 6.07) is 17.4. The zero-order valence-corrected chi connectivity index (χ0v) is 18.1.